The Morgan fingerprint density at radius 1 is 1.33 bits per heavy atom. The first-order valence-corrected chi connectivity index (χ1v) is 7.92. The molecular weight excluding hydrogens is 280 g/mol. The lowest BCUT2D eigenvalue weighted by atomic mass is 9.95. The van der Waals surface area contributed by atoms with Crippen LogP contribution >= 0.6 is 11.3 Å². The van der Waals surface area contributed by atoms with Gasteiger partial charge in [-0.25, -0.2) is 4.98 Å². The minimum absolute atomic E-state index is 0.510. The van der Waals surface area contributed by atoms with Gasteiger partial charge in [0, 0.05) is 17.0 Å². The molecule has 3 rings (SSSR count). The fourth-order valence-electron chi connectivity index (χ4n) is 2.74. The zero-order chi connectivity index (χ0) is 15.0. The SMILES string of the molecule is Cc1c(Cc2ccccc2C(C)C)sc2ncc(C=O)n12. The van der Waals surface area contributed by atoms with Gasteiger partial charge in [0.15, 0.2) is 11.2 Å². The van der Waals surface area contributed by atoms with Gasteiger partial charge < -0.3 is 0 Å². The summed E-state index contributed by atoms with van der Waals surface area (Å²) in [6.07, 6.45) is 3.40. The largest absolute Gasteiger partial charge is 0.296 e. The summed E-state index contributed by atoms with van der Waals surface area (Å²) < 4.78 is 1.95. The standard InChI is InChI=1S/C17H18N2OS/c1-11(2)15-7-5-4-6-13(15)8-16-12(3)19-14(10-20)9-18-17(19)21-16/h4-7,9-11H,8H2,1-3H3. The maximum Gasteiger partial charge on any atom is 0.194 e. The van der Waals surface area contributed by atoms with Crippen molar-refractivity contribution in [1.29, 1.82) is 0 Å². The van der Waals surface area contributed by atoms with Crippen molar-refractivity contribution < 1.29 is 4.79 Å². The molecule has 21 heavy (non-hydrogen) atoms. The number of aryl methyl sites for hydroxylation is 1. The van der Waals surface area contributed by atoms with E-state index in [4.69, 9.17) is 0 Å². The number of nitrogens with zero attached hydrogens (tertiary/aromatic N) is 2. The van der Waals surface area contributed by atoms with Crippen LogP contribution in [0.2, 0.25) is 0 Å². The van der Waals surface area contributed by atoms with Crippen LogP contribution in [-0.4, -0.2) is 15.7 Å². The van der Waals surface area contributed by atoms with Crippen molar-refractivity contribution in [3.05, 3.63) is 57.9 Å². The maximum atomic E-state index is 11.1. The van der Waals surface area contributed by atoms with Crippen LogP contribution in [0.4, 0.5) is 0 Å². The van der Waals surface area contributed by atoms with Gasteiger partial charge in [-0.2, -0.15) is 0 Å². The van der Waals surface area contributed by atoms with Crippen LogP contribution in [0.15, 0.2) is 30.5 Å². The van der Waals surface area contributed by atoms with Crippen LogP contribution < -0.4 is 0 Å². The minimum atomic E-state index is 0.510. The highest BCUT2D eigenvalue weighted by atomic mass is 32.1. The van der Waals surface area contributed by atoms with E-state index in [1.807, 2.05) is 4.40 Å². The Labute approximate surface area is 128 Å². The summed E-state index contributed by atoms with van der Waals surface area (Å²) >= 11 is 1.67. The average molecular weight is 298 g/mol. The molecule has 2 heterocycles. The fraction of sp³-hybridized carbons (Fsp3) is 0.294. The predicted octanol–water partition coefficient (Wildman–Crippen LogP) is 4.23. The molecule has 0 bridgehead atoms. The van der Waals surface area contributed by atoms with Crippen LogP contribution in [0.1, 0.15) is 52.0 Å². The molecule has 2 aromatic heterocycles. The number of fused-ring (bicyclic) bond motifs is 1. The van der Waals surface area contributed by atoms with Gasteiger partial charge in [0.25, 0.3) is 0 Å². The van der Waals surface area contributed by atoms with Crippen molar-refractivity contribution in [1.82, 2.24) is 9.38 Å². The molecule has 0 radical (unpaired) electrons. The summed E-state index contributed by atoms with van der Waals surface area (Å²) in [6, 6.07) is 8.58. The zero-order valence-corrected chi connectivity index (χ0v) is 13.3. The highest BCUT2D eigenvalue weighted by Crippen LogP contribution is 2.28. The second-order valence-corrected chi connectivity index (χ2v) is 6.62. The van der Waals surface area contributed by atoms with Crippen molar-refractivity contribution in [3.63, 3.8) is 0 Å². The maximum absolute atomic E-state index is 11.1. The number of aromatic nitrogens is 2. The number of hydrogen-bond acceptors (Lipinski definition) is 3. The van der Waals surface area contributed by atoms with Gasteiger partial charge in [-0.15, -0.1) is 11.3 Å². The van der Waals surface area contributed by atoms with Gasteiger partial charge in [0.1, 0.15) is 5.69 Å². The topological polar surface area (TPSA) is 34.4 Å². The Kier molecular flexibility index (Phi) is 3.64. The van der Waals surface area contributed by atoms with E-state index in [0.29, 0.717) is 11.6 Å². The second-order valence-electron chi connectivity index (χ2n) is 5.56. The molecular formula is C17H18N2OS. The molecule has 0 aliphatic carbocycles. The molecule has 0 unspecified atom stereocenters. The number of benzene rings is 1. The van der Waals surface area contributed by atoms with Crippen LogP contribution in [0, 0.1) is 6.92 Å². The van der Waals surface area contributed by atoms with Crippen molar-refractivity contribution >= 4 is 22.6 Å². The highest BCUT2D eigenvalue weighted by Gasteiger charge is 2.15. The second kappa shape index (κ2) is 5.45. The summed E-state index contributed by atoms with van der Waals surface area (Å²) in [5.41, 5.74) is 4.49. The molecule has 0 saturated carbocycles. The fourth-order valence-corrected chi connectivity index (χ4v) is 3.87. The molecule has 0 fully saturated rings. The molecule has 0 spiro atoms. The normalized spacial score (nSPS) is 11.4. The number of imidazole rings is 1. The smallest absolute Gasteiger partial charge is 0.194 e. The van der Waals surface area contributed by atoms with Crippen LogP contribution in [-0.2, 0) is 6.42 Å². The Morgan fingerprint density at radius 2 is 2.10 bits per heavy atom. The van der Waals surface area contributed by atoms with Gasteiger partial charge in [0.05, 0.1) is 6.20 Å². The van der Waals surface area contributed by atoms with Crippen LogP contribution in [0.5, 0.6) is 0 Å². The van der Waals surface area contributed by atoms with Gasteiger partial charge >= 0.3 is 0 Å². The Balaban J connectivity index is 2.05. The van der Waals surface area contributed by atoms with E-state index >= 15 is 0 Å². The van der Waals surface area contributed by atoms with Crippen molar-refractivity contribution in [2.45, 2.75) is 33.1 Å². The predicted molar refractivity (Wildman–Crippen MR) is 86.5 cm³/mol. The van der Waals surface area contributed by atoms with E-state index in [9.17, 15) is 4.79 Å². The first kappa shape index (κ1) is 14.0. The third-order valence-electron chi connectivity index (χ3n) is 3.86. The van der Waals surface area contributed by atoms with Crippen molar-refractivity contribution in [2.24, 2.45) is 0 Å². The molecule has 3 nitrogen and oxygen atoms in total. The number of carbonyl (C=O) groups is 1. The van der Waals surface area contributed by atoms with E-state index in [1.54, 1.807) is 17.5 Å². The van der Waals surface area contributed by atoms with Crippen molar-refractivity contribution in [2.75, 3.05) is 0 Å². The lowest BCUT2D eigenvalue weighted by Crippen LogP contribution is -1.98. The molecule has 0 aliphatic rings. The third-order valence-corrected chi connectivity index (χ3v) is 5.02. The summed E-state index contributed by atoms with van der Waals surface area (Å²) in [5, 5.41) is 0. The van der Waals surface area contributed by atoms with Crippen LogP contribution in [0.25, 0.3) is 4.96 Å². The summed E-state index contributed by atoms with van der Waals surface area (Å²) in [4.78, 5) is 17.6. The summed E-state index contributed by atoms with van der Waals surface area (Å²) in [6.45, 7) is 6.50. The number of rotatable bonds is 4. The Morgan fingerprint density at radius 3 is 2.81 bits per heavy atom. The molecule has 108 valence electrons. The van der Waals surface area contributed by atoms with Gasteiger partial charge in [-0.05, 0) is 24.0 Å². The Hall–Kier alpha value is -1.94. The number of carbonyl (C=O) groups excluding carboxylic acids is 1. The summed E-state index contributed by atoms with van der Waals surface area (Å²) in [5.74, 6) is 0.510. The molecule has 0 saturated heterocycles. The van der Waals surface area contributed by atoms with E-state index in [1.165, 1.54) is 16.0 Å². The quantitative estimate of drug-likeness (QED) is 0.675. The molecule has 0 atom stereocenters. The number of thiazole rings is 1. The lowest BCUT2D eigenvalue weighted by molar-refractivity contribution is 0.111. The van der Waals surface area contributed by atoms with E-state index in [2.05, 4.69) is 50.0 Å². The van der Waals surface area contributed by atoms with E-state index in [0.717, 1.165) is 23.4 Å². The Bertz CT molecular complexity index is 798. The minimum Gasteiger partial charge on any atom is -0.296 e. The van der Waals surface area contributed by atoms with E-state index in [-0.39, 0.29) is 0 Å². The average Bonchev–Trinajstić information content (AvgIpc) is 3.00. The highest BCUT2D eigenvalue weighted by molar-refractivity contribution is 7.17. The third kappa shape index (κ3) is 2.40. The monoisotopic (exact) mass is 298 g/mol. The molecule has 0 amide bonds. The molecule has 3 aromatic rings. The number of aldehydes is 1. The lowest BCUT2D eigenvalue weighted by Gasteiger charge is -2.12. The van der Waals surface area contributed by atoms with Gasteiger partial charge in [-0.1, -0.05) is 38.1 Å². The van der Waals surface area contributed by atoms with Gasteiger partial charge in [-0.3, -0.25) is 9.20 Å². The molecule has 0 aliphatic heterocycles. The summed E-state index contributed by atoms with van der Waals surface area (Å²) in [7, 11) is 0. The zero-order valence-electron chi connectivity index (χ0n) is 12.5. The van der Waals surface area contributed by atoms with E-state index < -0.39 is 0 Å². The first-order valence-electron chi connectivity index (χ1n) is 7.10. The van der Waals surface area contributed by atoms with Gasteiger partial charge in [0.2, 0.25) is 0 Å². The first-order chi connectivity index (χ1) is 10.1. The van der Waals surface area contributed by atoms with Crippen molar-refractivity contribution in [3.8, 4) is 0 Å². The van der Waals surface area contributed by atoms with Crippen LogP contribution in [0.3, 0.4) is 0 Å². The number of hydrogen-bond donors (Lipinski definition) is 0. The molecule has 4 heteroatoms. The molecule has 1 aromatic carbocycles. The molecule has 0 N–H and O–H groups in total.